The molecule has 6 rings (SSSR count). The molecule has 0 bridgehead atoms. The number of rotatable bonds is 1. The highest BCUT2D eigenvalue weighted by atomic mass is 14.9. The molecule has 0 unspecified atom stereocenters. The first-order valence-corrected chi connectivity index (χ1v) is 11.3. The molecule has 152 valence electrons. The lowest BCUT2D eigenvalue weighted by molar-refractivity contribution is -0.660. The highest BCUT2D eigenvalue weighted by Gasteiger charge is 2.31. The molecule has 1 heterocycles. The molecule has 0 saturated carbocycles. The Balaban J connectivity index is 1.55. The summed E-state index contributed by atoms with van der Waals surface area (Å²) in [7, 11) is 2.19. The van der Waals surface area contributed by atoms with Gasteiger partial charge in [0.15, 0.2) is 6.20 Å². The van der Waals surface area contributed by atoms with E-state index < -0.39 is 0 Å². The van der Waals surface area contributed by atoms with Gasteiger partial charge in [-0.1, -0.05) is 29.8 Å². The smallest absolute Gasteiger partial charge is 0.201 e. The van der Waals surface area contributed by atoms with Gasteiger partial charge in [-0.05, 0) is 108 Å². The van der Waals surface area contributed by atoms with Crippen molar-refractivity contribution in [2.45, 2.75) is 40.5 Å². The molecule has 0 N–H and O–H groups in total. The maximum Gasteiger partial charge on any atom is 0.216 e. The summed E-state index contributed by atoms with van der Waals surface area (Å²) in [5, 5.41) is 0. The summed E-state index contributed by atoms with van der Waals surface area (Å²) in [6.07, 6.45) is 4.31. The second-order valence-corrected chi connectivity index (χ2v) is 9.54. The lowest BCUT2D eigenvalue weighted by atomic mass is 9.93. The molecule has 1 aromatic heterocycles. The summed E-state index contributed by atoms with van der Waals surface area (Å²) >= 11 is 0. The fourth-order valence-electron chi connectivity index (χ4n) is 5.82. The Morgan fingerprint density at radius 2 is 1.32 bits per heavy atom. The summed E-state index contributed by atoms with van der Waals surface area (Å²) in [6.45, 7) is 8.94. The summed E-state index contributed by atoms with van der Waals surface area (Å²) in [5.74, 6) is 0. The molecule has 0 atom stereocenters. The minimum Gasteiger partial charge on any atom is -0.201 e. The van der Waals surface area contributed by atoms with Gasteiger partial charge in [0, 0.05) is 23.6 Å². The highest BCUT2D eigenvalue weighted by Crippen LogP contribution is 2.47. The predicted octanol–water partition coefficient (Wildman–Crippen LogP) is 6.55. The zero-order valence-corrected chi connectivity index (χ0v) is 19.1. The first-order chi connectivity index (χ1) is 14.9. The zero-order chi connectivity index (χ0) is 21.4. The van der Waals surface area contributed by atoms with Crippen molar-refractivity contribution in [2.75, 3.05) is 0 Å². The summed E-state index contributed by atoms with van der Waals surface area (Å²) in [6, 6.07) is 18.7. The second kappa shape index (κ2) is 6.40. The number of aryl methyl sites for hydroxylation is 4. The van der Waals surface area contributed by atoms with Crippen LogP contribution in [0.5, 0.6) is 0 Å². The largest absolute Gasteiger partial charge is 0.216 e. The van der Waals surface area contributed by atoms with Crippen LogP contribution in [0.15, 0.2) is 54.7 Å². The van der Waals surface area contributed by atoms with E-state index in [0.29, 0.717) is 0 Å². The normalized spacial score (nSPS) is 13.1. The van der Waals surface area contributed by atoms with Crippen LogP contribution in [0.3, 0.4) is 0 Å². The van der Waals surface area contributed by atoms with Gasteiger partial charge in [0.2, 0.25) is 5.69 Å². The average Bonchev–Trinajstić information content (AvgIpc) is 3.28. The van der Waals surface area contributed by atoms with Crippen molar-refractivity contribution >= 4 is 0 Å². The van der Waals surface area contributed by atoms with E-state index >= 15 is 0 Å². The molecule has 0 saturated heterocycles. The molecule has 1 heteroatoms. The van der Waals surface area contributed by atoms with Crippen molar-refractivity contribution < 1.29 is 4.57 Å². The molecule has 4 aromatic rings. The van der Waals surface area contributed by atoms with Crippen molar-refractivity contribution in [2.24, 2.45) is 7.05 Å². The number of pyridine rings is 1. The van der Waals surface area contributed by atoms with Gasteiger partial charge in [0.25, 0.3) is 0 Å². The van der Waals surface area contributed by atoms with Crippen molar-refractivity contribution in [1.82, 2.24) is 0 Å². The molecular formula is C30H28N+. The Hall–Kier alpha value is -3.19. The highest BCUT2D eigenvalue weighted by molar-refractivity contribution is 5.88. The number of benzene rings is 3. The van der Waals surface area contributed by atoms with Crippen LogP contribution in [0, 0.1) is 27.7 Å². The van der Waals surface area contributed by atoms with Crippen LogP contribution >= 0.6 is 0 Å². The number of hydrogen-bond acceptors (Lipinski definition) is 0. The minimum absolute atomic E-state index is 1.01. The number of aromatic nitrogens is 1. The van der Waals surface area contributed by atoms with Crippen LogP contribution in [0.25, 0.3) is 33.5 Å². The molecular weight excluding hydrogens is 374 g/mol. The lowest BCUT2D eigenvalue weighted by Gasteiger charge is -2.12. The van der Waals surface area contributed by atoms with Crippen LogP contribution in [0.2, 0.25) is 0 Å². The molecule has 3 aromatic carbocycles. The third kappa shape index (κ3) is 2.59. The summed E-state index contributed by atoms with van der Waals surface area (Å²) < 4.78 is 2.32. The van der Waals surface area contributed by atoms with Crippen LogP contribution in [-0.2, 0) is 19.9 Å². The Kier molecular flexibility index (Phi) is 3.84. The molecule has 0 amide bonds. The van der Waals surface area contributed by atoms with E-state index in [2.05, 4.69) is 94.0 Å². The van der Waals surface area contributed by atoms with Crippen molar-refractivity contribution in [1.29, 1.82) is 0 Å². The van der Waals surface area contributed by atoms with Crippen molar-refractivity contribution in [3.05, 3.63) is 99.2 Å². The first kappa shape index (κ1) is 18.6. The summed E-state index contributed by atoms with van der Waals surface area (Å²) in [5.41, 5.74) is 19.9. The standard InChI is InChI=1S/C30H28N/c1-17-11-19(3)20(4)26(12-17)30-29-16-22-15-27-21(13-25-18(2)7-6-8-23(25)27)14-28(22)24(29)9-10-31(30)5/h6-12,14-15H,13,16H2,1-5H3/q+1. The van der Waals surface area contributed by atoms with Gasteiger partial charge >= 0.3 is 0 Å². The molecule has 2 aliphatic carbocycles. The Labute approximate surface area is 185 Å². The quantitative estimate of drug-likeness (QED) is 0.274. The lowest BCUT2D eigenvalue weighted by Crippen LogP contribution is -2.32. The maximum atomic E-state index is 2.48. The maximum absolute atomic E-state index is 2.48. The van der Waals surface area contributed by atoms with E-state index in [1.54, 1.807) is 0 Å². The third-order valence-corrected chi connectivity index (χ3v) is 7.55. The number of hydrogen-bond donors (Lipinski definition) is 0. The van der Waals surface area contributed by atoms with Gasteiger partial charge in [0.1, 0.15) is 7.05 Å². The third-order valence-electron chi connectivity index (χ3n) is 7.55. The molecule has 2 aliphatic rings. The summed E-state index contributed by atoms with van der Waals surface area (Å²) in [4.78, 5) is 0. The number of nitrogens with zero attached hydrogens (tertiary/aromatic N) is 1. The average molecular weight is 403 g/mol. The minimum atomic E-state index is 1.01. The van der Waals surface area contributed by atoms with Crippen molar-refractivity contribution in [3.8, 4) is 33.5 Å². The van der Waals surface area contributed by atoms with Crippen LogP contribution < -0.4 is 4.57 Å². The van der Waals surface area contributed by atoms with E-state index in [9.17, 15) is 0 Å². The SMILES string of the molecule is Cc1cc(C)c(C)c(-c2c3c(cc[n+]2C)-c2cc4c(cc2C3)-c2cccc(C)c2C4)c1. The molecule has 0 radical (unpaired) electrons. The topological polar surface area (TPSA) is 3.88 Å². The fraction of sp³-hybridized carbons (Fsp3) is 0.233. The molecule has 0 fully saturated rings. The van der Waals surface area contributed by atoms with Crippen molar-refractivity contribution in [3.63, 3.8) is 0 Å². The van der Waals surface area contributed by atoms with Gasteiger partial charge in [-0.2, -0.15) is 0 Å². The molecule has 0 spiro atoms. The fourth-order valence-corrected chi connectivity index (χ4v) is 5.82. The first-order valence-electron chi connectivity index (χ1n) is 11.3. The van der Waals surface area contributed by atoms with Gasteiger partial charge in [-0.15, -0.1) is 0 Å². The van der Waals surface area contributed by atoms with E-state index in [0.717, 1.165) is 12.8 Å². The van der Waals surface area contributed by atoms with Gasteiger partial charge in [-0.25, -0.2) is 4.57 Å². The van der Waals surface area contributed by atoms with E-state index in [-0.39, 0.29) is 0 Å². The Bertz CT molecular complexity index is 1420. The van der Waals surface area contributed by atoms with Crippen LogP contribution in [-0.4, -0.2) is 0 Å². The Morgan fingerprint density at radius 1 is 0.645 bits per heavy atom. The van der Waals surface area contributed by atoms with E-state index in [4.69, 9.17) is 0 Å². The van der Waals surface area contributed by atoms with E-state index in [1.807, 2.05) is 0 Å². The van der Waals surface area contributed by atoms with Crippen LogP contribution in [0.4, 0.5) is 0 Å². The van der Waals surface area contributed by atoms with Gasteiger partial charge in [0.05, 0.1) is 0 Å². The predicted molar refractivity (Wildman–Crippen MR) is 128 cm³/mol. The van der Waals surface area contributed by atoms with Gasteiger partial charge < -0.3 is 0 Å². The van der Waals surface area contributed by atoms with E-state index in [1.165, 1.54) is 78.0 Å². The Morgan fingerprint density at radius 3 is 2.06 bits per heavy atom. The zero-order valence-electron chi connectivity index (χ0n) is 19.1. The second-order valence-electron chi connectivity index (χ2n) is 9.54. The van der Waals surface area contributed by atoms with Gasteiger partial charge in [-0.3, -0.25) is 0 Å². The monoisotopic (exact) mass is 402 g/mol. The van der Waals surface area contributed by atoms with Crippen LogP contribution in [0.1, 0.15) is 44.5 Å². The molecule has 0 aliphatic heterocycles. The number of fused-ring (bicyclic) bond motifs is 6. The molecule has 31 heavy (non-hydrogen) atoms. The molecule has 1 nitrogen and oxygen atoms in total.